The van der Waals surface area contributed by atoms with Crippen molar-refractivity contribution in [1.82, 2.24) is 0 Å². The molecule has 0 radical (unpaired) electrons. The highest BCUT2D eigenvalue weighted by Gasteiger charge is 2.41. The molecule has 0 aliphatic rings. The molecule has 1 atom stereocenters. The second-order valence-electron chi connectivity index (χ2n) is 9.16. The van der Waals surface area contributed by atoms with E-state index in [1.54, 1.807) is 14.2 Å². The Morgan fingerprint density at radius 3 is 1.75 bits per heavy atom. The first-order valence-electron chi connectivity index (χ1n) is 12.6. The van der Waals surface area contributed by atoms with Gasteiger partial charge in [-0.25, -0.2) is 8.78 Å². The molecule has 1 aromatic carbocycles. The van der Waals surface area contributed by atoms with Gasteiger partial charge in [0.2, 0.25) is 0 Å². The van der Waals surface area contributed by atoms with Gasteiger partial charge in [0, 0.05) is 26.2 Å². The van der Waals surface area contributed by atoms with Crippen LogP contribution in [-0.2, 0) is 20.6 Å². The molecule has 0 spiro atoms. The van der Waals surface area contributed by atoms with Gasteiger partial charge in [-0.05, 0) is 57.2 Å². The van der Waals surface area contributed by atoms with Crippen LogP contribution in [0.3, 0.4) is 0 Å². The second-order valence-corrected chi connectivity index (χ2v) is 9.16. The molecule has 0 N–H and O–H groups in total. The van der Waals surface area contributed by atoms with Crippen molar-refractivity contribution in [2.75, 3.05) is 14.2 Å². The molecular formula is C27H46F2O3. The van der Waals surface area contributed by atoms with Gasteiger partial charge in [0.15, 0.2) is 0 Å². The minimum absolute atomic E-state index is 0.00798. The van der Waals surface area contributed by atoms with Crippen LogP contribution in [-0.4, -0.2) is 26.3 Å². The van der Waals surface area contributed by atoms with Crippen LogP contribution < -0.4 is 0 Å². The van der Waals surface area contributed by atoms with Gasteiger partial charge in [0.1, 0.15) is 11.6 Å². The van der Waals surface area contributed by atoms with E-state index < -0.39 is 17.6 Å². The first-order chi connectivity index (χ1) is 15.4. The summed E-state index contributed by atoms with van der Waals surface area (Å²) in [7, 11) is 3.33. The lowest BCUT2D eigenvalue weighted by Crippen LogP contribution is -2.46. The van der Waals surface area contributed by atoms with Crippen LogP contribution in [0.25, 0.3) is 0 Å². The van der Waals surface area contributed by atoms with E-state index in [9.17, 15) is 8.78 Å². The van der Waals surface area contributed by atoms with Gasteiger partial charge in [-0.3, -0.25) is 0 Å². The van der Waals surface area contributed by atoms with Crippen molar-refractivity contribution >= 4 is 0 Å². The standard InChI is InChI=1S/C27H46F2O3/c1-6-7-8-9-10-14-17-24(27(30-4,31-5)32-22(2)3)18-15-12-11-13-16-23-19-25(28)21-26(29)20-23/h19-22,24H,6-18H2,1-5H3. The summed E-state index contributed by atoms with van der Waals surface area (Å²) < 4.78 is 44.4. The minimum Gasteiger partial charge on any atom is -0.331 e. The molecule has 0 bridgehead atoms. The van der Waals surface area contributed by atoms with Crippen LogP contribution in [0.2, 0.25) is 0 Å². The Morgan fingerprint density at radius 2 is 1.25 bits per heavy atom. The van der Waals surface area contributed by atoms with E-state index in [1.165, 1.54) is 44.2 Å². The average Bonchev–Trinajstić information content (AvgIpc) is 2.74. The highest BCUT2D eigenvalue weighted by Crippen LogP contribution is 2.34. The second kappa shape index (κ2) is 16.6. The molecule has 3 nitrogen and oxygen atoms in total. The summed E-state index contributed by atoms with van der Waals surface area (Å²) in [6.07, 6.45) is 14.3. The predicted octanol–water partition coefficient (Wildman–Crippen LogP) is 8.20. The molecule has 32 heavy (non-hydrogen) atoms. The monoisotopic (exact) mass is 456 g/mol. The topological polar surface area (TPSA) is 27.7 Å². The maximum Gasteiger partial charge on any atom is 0.285 e. The van der Waals surface area contributed by atoms with Crippen LogP contribution in [0, 0.1) is 17.6 Å². The third-order valence-corrected chi connectivity index (χ3v) is 6.07. The SMILES string of the molecule is CCCCCCCCC(CCCCCCc1cc(F)cc(F)c1)C(OC)(OC)OC(C)C. The van der Waals surface area contributed by atoms with E-state index in [2.05, 4.69) is 6.92 Å². The van der Waals surface area contributed by atoms with Crippen molar-refractivity contribution in [3.63, 3.8) is 0 Å². The third kappa shape index (κ3) is 11.2. The fraction of sp³-hybridized carbons (Fsp3) is 0.778. The maximum atomic E-state index is 13.3. The Labute approximate surface area is 195 Å². The van der Waals surface area contributed by atoms with Crippen LogP contribution in [0.4, 0.5) is 8.78 Å². The van der Waals surface area contributed by atoms with Gasteiger partial charge in [-0.15, -0.1) is 0 Å². The Kier molecular flexibility index (Phi) is 15.0. The molecule has 1 aromatic rings. The Hall–Kier alpha value is -1.04. The molecule has 0 saturated carbocycles. The molecule has 0 aromatic heterocycles. The molecular weight excluding hydrogens is 410 g/mol. The van der Waals surface area contributed by atoms with E-state index in [-0.39, 0.29) is 12.0 Å². The zero-order chi connectivity index (χ0) is 23.8. The third-order valence-electron chi connectivity index (χ3n) is 6.07. The molecule has 186 valence electrons. The van der Waals surface area contributed by atoms with E-state index in [0.717, 1.165) is 56.6 Å². The number of ether oxygens (including phenoxy) is 3. The van der Waals surface area contributed by atoms with E-state index in [1.807, 2.05) is 13.8 Å². The molecule has 5 heteroatoms. The molecule has 0 aliphatic heterocycles. The fourth-order valence-corrected chi connectivity index (χ4v) is 4.44. The van der Waals surface area contributed by atoms with Crippen molar-refractivity contribution in [2.24, 2.45) is 5.92 Å². The quantitative estimate of drug-likeness (QED) is 0.155. The largest absolute Gasteiger partial charge is 0.331 e. The molecule has 1 rings (SSSR count). The normalized spacial score (nSPS) is 13.1. The summed E-state index contributed by atoms with van der Waals surface area (Å²) >= 11 is 0. The van der Waals surface area contributed by atoms with Gasteiger partial charge < -0.3 is 14.2 Å². The zero-order valence-corrected chi connectivity index (χ0v) is 21.1. The lowest BCUT2D eigenvalue weighted by Gasteiger charge is -2.39. The first-order valence-corrected chi connectivity index (χ1v) is 12.6. The molecule has 0 saturated heterocycles. The fourth-order valence-electron chi connectivity index (χ4n) is 4.44. The van der Waals surface area contributed by atoms with E-state index in [4.69, 9.17) is 14.2 Å². The summed E-state index contributed by atoms with van der Waals surface area (Å²) in [5, 5.41) is 0. The summed E-state index contributed by atoms with van der Waals surface area (Å²) in [6.45, 7) is 6.24. The number of benzene rings is 1. The molecule has 1 unspecified atom stereocenters. The van der Waals surface area contributed by atoms with Gasteiger partial charge in [-0.1, -0.05) is 64.7 Å². The average molecular weight is 457 g/mol. The van der Waals surface area contributed by atoms with Crippen molar-refractivity contribution in [3.8, 4) is 0 Å². The highest BCUT2D eigenvalue weighted by atomic mass is 19.1. The van der Waals surface area contributed by atoms with E-state index >= 15 is 0 Å². The van der Waals surface area contributed by atoms with Gasteiger partial charge in [0.05, 0.1) is 6.10 Å². The first kappa shape index (κ1) is 29.0. The van der Waals surface area contributed by atoms with Gasteiger partial charge in [0.25, 0.3) is 5.97 Å². The molecule has 0 amide bonds. The summed E-state index contributed by atoms with van der Waals surface area (Å²) in [6, 6.07) is 3.77. The van der Waals surface area contributed by atoms with Crippen molar-refractivity contribution < 1.29 is 23.0 Å². The Balaban J connectivity index is 2.52. The lowest BCUT2D eigenvalue weighted by molar-refractivity contribution is -0.399. The van der Waals surface area contributed by atoms with E-state index in [0.29, 0.717) is 6.42 Å². The van der Waals surface area contributed by atoms with Crippen LogP contribution in [0.5, 0.6) is 0 Å². The zero-order valence-electron chi connectivity index (χ0n) is 21.1. The predicted molar refractivity (Wildman–Crippen MR) is 128 cm³/mol. The van der Waals surface area contributed by atoms with Crippen molar-refractivity contribution in [3.05, 3.63) is 35.4 Å². The highest BCUT2D eigenvalue weighted by molar-refractivity contribution is 5.17. The smallest absolute Gasteiger partial charge is 0.285 e. The van der Waals surface area contributed by atoms with Gasteiger partial charge in [-0.2, -0.15) is 0 Å². The number of hydrogen-bond acceptors (Lipinski definition) is 3. The summed E-state index contributed by atoms with van der Waals surface area (Å²) in [5.41, 5.74) is 0.728. The minimum atomic E-state index is -1.00. The number of unbranched alkanes of at least 4 members (excludes halogenated alkanes) is 8. The number of rotatable bonds is 19. The van der Waals surface area contributed by atoms with Crippen molar-refractivity contribution in [2.45, 2.75) is 116 Å². The number of aryl methyl sites for hydroxylation is 1. The summed E-state index contributed by atoms with van der Waals surface area (Å²) in [5.74, 6) is -1.84. The molecule has 0 heterocycles. The van der Waals surface area contributed by atoms with Crippen LogP contribution in [0.15, 0.2) is 18.2 Å². The van der Waals surface area contributed by atoms with Crippen LogP contribution >= 0.6 is 0 Å². The summed E-state index contributed by atoms with van der Waals surface area (Å²) in [4.78, 5) is 0. The Morgan fingerprint density at radius 1 is 0.750 bits per heavy atom. The molecule has 0 fully saturated rings. The number of halogens is 2. The Bertz CT molecular complexity index is 582. The lowest BCUT2D eigenvalue weighted by atomic mass is 9.91. The number of hydrogen-bond donors (Lipinski definition) is 0. The maximum absolute atomic E-state index is 13.3. The van der Waals surface area contributed by atoms with Crippen LogP contribution in [0.1, 0.15) is 103 Å². The number of methoxy groups -OCH3 is 2. The van der Waals surface area contributed by atoms with Gasteiger partial charge >= 0.3 is 0 Å². The molecule has 0 aliphatic carbocycles. The van der Waals surface area contributed by atoms with Crippen molar-refractivity contribution in [1.29, 1.82) is 0 Å².